The van der Waals surface area contributed by atoms with Gasteiger partial charge in [-0.15, -0.1) is 0 Å². The van der Waals surface area contributed by atoms with Crippen LogP contribution in [-0.4, -0.2) is 97.0 Å². The Morgan fingerprint density at radius 2 is 1.43 bits per heavy atom. The normalized spacial score (nSPS) is 19.5. The summed E-state index contributed by atoms with van der Waals surface area (Å²) in [6.07, 6.45) is -0.433. The largest absolute Gasteiger partial charge is 0.497 e. The maximum atomic E-state index is 14.5. The Hall–Kier alpha value is -4.56. The van der Waals surface area contributed by atoms with Gasteiger partial charge >= 0.3 is 18.1 Å². The van der Waals surface area contributed by atoms with E-state index in [-0.39, 0.29) is 23.7 Å². The molecule has 0 aliphatic carbocycles. The molecule has 0 N–H and O–H groups in total. The first-order chi connectivity index (χ1) is 24.4. The number of halogens is 4. The van der Waals surface area contributed by atoms with Crippen LogP contribution in [0.25, 0.3) is 0 Å². The third-order valence-corrected chi connectivity index (χ3v) is 9.48. The molecule has 0 spiro atoms. The van der Waals surface area contributed by atoms with E-state index in [2.05, 4.69) is 4.90 Å². The van der Waals surface area contributed by atoms with Crippen molar-refractivity contribution in [2.45, 2.75) is 32.1 Å². The monoisotopic (exact) mass is 725 g/mol. The minimum Gasteiger partial charge on any atom is -0.379 e. The van der Waals surface area contributed by atoms with E-state index in [0.29, 0.717) is 54.4 Å². The number of fused-ring (bicyclic) bond motifs is 1. The van der Waals surface area contributed by atoms with Gasteiger partial charge in [0.1, 0.15) is 6.54 Å². The van der Waals surface area contributed by atoms with Gasteiger partial charge in [-0.3, -0.25) is 19.3 Å². The topological polar surface area (TPSA) is 96.5 Å². The zero-order chi connectivity index (χ0) is 36.2. The number of carbonyl (C=O) groups is 4. The minimum absolute atomic E-state index is 0.0242. The Morgan fingerprint density at radius 3 is 2.08 bits per heavy atom. The molecule has 6 rings (SSSR count). The van der Waals surface area contributed by atoms with Gasteiger partial charge in [0.15, 0.2) is 12.2 Å². The molecule has 1 fully saturated rings. The maximum absolute atomic E-state index is 14.5. The first-order valence-electron chi connectivity index (χ1n) is 16.7. The molecule has 0 aromatic heterocycles. The van der Waals surface area contributed by atoms with Crippen molar-refractivity contribution in [1.82, 2.24) is 19.3 Å². The van der Waals surface area contributed by atoms with Crippen LogP contribution in [0.5, 0.6) is 0 Å². The second kappa shape index (κ2) is 15.4. The van der Waals surface area contributed by atoms with Gasteiger partial charge in [-0.05, 0) is 66.0 Å². The van der Waals surface area contributed by atoms with Crippen molar-refractivity contribution in [3.63, 3.8) is 0 Å². The molecule has 3 heterocycles. The summed E-state index contributed by atoms with van der Waals surface area (Å²) in [5.41, 5.74) is 1.98. The van der Waals surface area contributed by atoms with Crippen LogP contribution in [0.15, 0.2) is 78.9 Å². The van der Waals surface area contributed by atoms with E-state index < -0.39 is 41.7 Å². The number of carbonyl (C=O) groups excluding carboxylic acids is 4. The summed E-state index contributed by atoms with van der Waals surface area (Å²) >= 11 is 6.02. The van der Waals surface area contributed by atoms with E-state index in [1.165, 1.54) is 53.4 Å². The van der Waals surface area contributed by atoms with Gasteiger partial charge in [-0.1, -0.05) is 48.0 Å². The maximum Gasteiger partial charge on any atom is 0.497 e. The van der Waals surface area contributed by atoms with Gasteiger partial charge in [0.05, 0.1) is 19.8 Å². The average molecular weight is 726 g/mol. The fraction of sp³-hybridized carbons (Fsp3) is 0.351. The molecule has 3 aromatic rings. The molecular weight excluding hydrogens is 689 g/mol. The van der Waals surface area contributed by atoms with Crippen molar-refractivity contribution >= 4 is 41.0 Å². The van der Waals surface area contributed by atoms with Gasteiger partial charge in [0, 0.05) is 59.5 Å². The van der Waals surface area contributed by atoms with Crippen molar-refractivity contribution in [3.05, 3.63) is 112 Å². The van der Waals surface area contributed by atoms with Crippen LogP contribution < -0.4 is 4.65 Å². The van der Waals surface area contributed by atoms with Gasteiger partial charge < -0.3 is 14.5 Å². The van der Waals surface area contributed by atoms with Crippen molar-refractivity contribution in [3.8, 4) is 0 Å². The average Bonchev–Trinajstić information content (AvgIpc) is 3.63. The van der Waals surface area contributed by atoms with E-state index in [4.69, 9.17) is 21.2 Å². The van der Waals surface area contributed by atoms with Crippen LogP contribution in [0.4, 0.5) is 18.9 Å². The number of benzene rings is 3. The zero-order valence-corrected chi connectivity index (χ0v) is 28.5. The lowest BCUT2D eigenvalue weighted by atomic mass is 10.0. The van der Waals surface area contributed by atoms with Crippen LogP contribution in [0.1, 0.15) is 43.8 Å². The highest BCUT2D eigenvalue weighted by atomic mass is 35.5. The molecule has 3 amide bonds. The molecule has 1 atom stereocenters. The number of ether oxygens (including phenoxy) is 1. The number of quaternary nitrogens is 1. The van der Waals surface area contributed by atoms with Gasteiger partial charge in [-0.25, -0.2) is 9.59 Å². The van der Waals surface area contributed by atoms with E-state index >= 15 is 0 Å². The highest BCUT2D eigenvalue weighted by Gasteiger charge is 2.55. The molecule has 3 aliphatic rings. The van der Waals surface area contributed by atoms with Crippen LogP contribution in [0.3, 0.4) is 0 Å². The summed E-state index contributed by atoms with van der Waals surface area (Å²) in [4.78, 5) is 64.3. The minimum atomic E-state index is -5.42. The zero-order valence-electron chi connectivity index (χ0n) is 27.7. The Labute approximate surface area is 298 Å². The molecule has 268 valence electrons. The number of alkyl halides is 3. The lowest BCUT2D eigenvalue weighted by molar-refractivity contribution is -0.235. The summed E-state index contributed by atoms with van der Waals surface area (Å²) in [6, 6.07) is 17.2. The molecule has 1 unspecified atom stereocenters. The number of morpholine rings is 1. The Bertz CT molecular complexity index is 1800. The van der Waals surface area contributed by atoms with Crippen molar-refractivity contribution < 1.29 is 41.9 Å². The molecule has 0 bridgehead atoms. The smallest absolute Gasteiger partial charge is 0.379 e. The Morgan fingerprint density at radius 1 is 0.824 bits per heavy atom. The molecule has 51 heavy (non-hydrogen) atoms. The third-order valence-electron chi connectivity index (χ3n) is 9.23. The number of hydroxylamine groups is 2. The summed E-state index contributed by atoms with van der Waals surface area (Å²) in [6.45, 7) is 3.23. The number of rotatable bonds is 9. The SMILES string of the molecule is O=C(c1ccc(C[N+]2(OC(=O)C(F)(F)F)C(=O)CN(C(=O)c3ccc(Cl)cc3)Cc3ccc(CCCN4CCOCC4)cc32)cc1)N1CC=CC1. The van der Waals surface area contributed by atoms with Gasteiger partial charge in [-0.2, -0.15) is 13.2 Å². The first kappa shape index (κ1) is 36.2. The Kier molecular flexibility index (Phi) is 10.9. The molecular formula is C37H37ClF3N4O6+. The third kappa shape index (κ3) is 8.33. The lowest BCUT2D eigenvalue weighted by Gasteiger charge is -2.32. The van der Waals surface area contributed by atoms with Crippen LogP contribution in [0, 0.1) is 0 Å². The molecule has 1 saturated heterocycles. The molecule has 14 heteroatoms. The summed E-state index contributed by atoms with van der Waals surface area (Å²) < 4.78 is 45.8. The van der Waals surface area contributed by atoms with Crippen molar-refractivity contribution in [2.75, 3.05) is 52.5 Å². The first-order valence-corrected chi connectivity index (χ1v) is 17.0. The summed E-state index contributed by atoms with van der Waals surface area (Å²) in [7, 11) is 0. The van der Waals surface area contributed by atoms with Crippen LogP contribution in [-0.2, 0) is 38.7 Å². The molecule has 3 aliphatic heterocycles. The standard InChI is InChI=1S/C37H37ClF3N4O6/c38-31-13-11-29(12-14-31)35(48)44-23-30-10-5-26(4-3-15-42-18-20-50-21-19-42)22-32(30)45(33(46)24-44,51-36(49)37(39,40)41)25-27-6-8-28(9-7-27)34(47)43-16-1-2-17-43/h1-2,5-14,22H,3-4,15-21,23-25H2/q+1. The predicted octanol–water partition coefficient (Wildman–Crippen LogP) is 5.33. The van der Waals surface area contributed by atoms with Crippen LogP contribution >= 0.6 is 11.6 Å². The Balaban J connectivity index is 1.39. The number of amides is 3. The predicted molar refractivity (Wildman–Crippen MR) is 182 cm³/mol. The number of aryl methyl sites for hydroxylation is 1. The summed E-state index contributed by atoms with van der Waals surface area (Å²) in [5.74, 6) is -4.29. The van der Waals surface area contributed by atoms with E-state index in [0.717, 1.165) is 31.6 Å². The molecule has 0 radical (unpaired) electrons. The summed E-state index contributed by atoms with van der Waals surface area (Å²) in [5, 5.41) is 0.393. The van der Waals surface area contributed by atoms with Gasteiger partial charge in [0.25, 0.3) is 11.8 Å². The number of hydrogen-bond acceptors (Lipinski definition) is 7. The fourth-order valence-corrected chi connectivity index (χ4v) is 6.62. The van der Waals surface area contributed by atoms with Gasteiger partial charge in [0.2, 0.25) is 0 Å². The van der Waals surface area contributed by atoms with Crippen molar-refractivity contribution in [2.24, 2.45) is 0 Å². The number of nitrogens with zero attached hydrogens (tertiary/aromatic N) is 4. The molecule has 3 aromatic carbocycles. The molecule has 10 nitrogen and oxygen atoms in total. The quantitative estimate of drug-likeness (QED) is 0.218. The highest BCUT2D eigenvalue weighted by molar-refractivity contribution is 6.30. The van der Waals surface area contributed by atoms with E-state index in [1.54, 1.807) is 17.0 Å². The highest BCUT2D eigenvalue weighted by Crippen LogP contribution is 2.38. The molecule has 0 saturated carbocycles. The second-order valence-corrected chi connectivity index (χ2v) is 13.2. The fourth-order valence-electron chi connectivity index (χ4n) is 6.49. The van der Waals surface area contributed by atoms with Crippen molar-refractivity contribution in [1.29, 1.82) is 0 Å². The second-order valence-electron chi connectivity index (χ2n) is 12.7. The van der Waals surface area contributed by atoms with Crippen LogP contribution in [0.2, 0.25) is 5.02 Å². The lowest BCUT2D eigenvalue weighted by Crippen LogP contribution is -2.58. The van der Waals surface area contributed by atoms with E-state index in [1.807, 2.05) is 18.2 Å². The number of hydrogen-bond donors (Lipinski definition) is 0. The van der Waals surface area contributed by atoms with E-state index in [9.17, 15) is 32.3 Å².